The Balaban J connectivity index is 3.50. The van der Waals surface area contributed by atoms with Crippen LogP contribution >= 0.6 is 0 Å². The fourth-order valence-corrected chi connectivity index (χ4v) is 0.0680. The summed E-state index contributed by atoms with van der Waals surface area (Å²) in [5.74, 6) is 0.00926. The van der Waals surface area contributed by atoms with Crippen LogP contribution in [0.3, 0.4) is 0 Å². The molecule has 1 nitrogen and oxygen atoms in total. The molecule has 0 spiro atoms. The molecule has 0 aliphatic carbocycles. The molecule has 0 aliphatic heterocycles. The van der Waals surface area contributed by atoms with Crippen molar-refractivity contribution in [3.05, 3.63) is 31.4 Å². The van der Waals surface area contributed by atoms with Crippen LogP contribution < -0.4 is 0 Å². The van der Waals surface area contributed by atoms with Crippen LogP contribution in [0.1, 0.15) is 0 Å². The van der Waals surface area contributed by atoms with Crippen LogP contribution in [-0.2, 0) is 0 Å². The molecule has 0 saturated heterocycles. The van der Waals surface area contributed by atoms with Gasteiger partial charge in [0.25, 0.3) is 0 Å². The highest BCUT2D eigenvalue weighted by atomic mass is 16.3. The van der Waals surface area contributed by atoms with Gasteiger partial charge in [-0.05, 0) is 19.1 Å². The van der Waals surface area contributed by atoms with E-state index in [-0.39, 0.29) is 5.76 Å². The second-order valence-corrected chi connectivity index (χ2v) is 0.796. The summed E-state index contributed by atoms with van der Waals surface area (Å²) in [6.45, 7) is 8.03. The summed E-state index contributed by atoms with van der Waals surface area (Å²) in [6, 6.07) is 0. The highest BCUT2D eigenvalue weighted by molar-refractivity contribution is 5.07. The minimum absolute atomic E-state index is 0.00926. The Morgan fingerprint density at radius 3 is 2.33 bits per heavy atom. The van der Waals surface area contributed by atoms with E-state index < -0.39 is 0 Å². The minimum Gasteiger partial charge on any atom is -0.508 e. The Labute approximate surface area is 37.6 Å². The number of allylic oxidation sites excluding steroid dienone is 2. The normalized spacial score (nSPS) is 11.2. The molecule has 1 N–H and O–H groups in total. The maximum Gasteiger partial charge on any atom is 0.111 e. The maximum absolute atomic E-state index is 8.28. The average molecular weight is 82.1 g/mol. The fraction of sp³-hybridized carbons (Fsp3) is 0. The molecule has 0 aromatic rings. The van der Waals surface area contributed by atoms with E-state index in [1.54, 1.807) is 0 Å². The molecule has 0 rings (SSSR count). The second kappa shape index (κ2) is 2.51. The lowest BCUT2D eigenvalue weighted by Crippen LogP contribution is -1.65. The number of hydrogen-bond acceptors (Lipinski definition) is 1. The first-order chi connectivity index (χ1) is 2.81. The summed E-state index contributed by atoms with van der Waals surface area (Å²) in [5.41, 5.74) is 0. The van der Waals surface area contributed by atoms with E-state index in [0.717, 1.165) is 6.08 Å². The second-order valence-electron chi connectivity index (χ2n) is 0.796. The third kappa shape index (κ3) is 1.58. The highest BCUT2D eigenvalue weighted by Gasteiger charge is 1.70. The number of rotatable bonds is 1. The predicted octanol–water partition coefficient (Wildman–Crippen LogP) is 1.33. The van der Waals surface area contributed by atoms with Crippen LogP contribution in [0.2, 0.25) is 0 Å². The molecule has 0 atom stereocenters. The van der Waals surface area contributed by atoms with Crippen molar-refractivity contribution in [2.24, 2.45) is 0 Å². The van der Waals surface area contributed by atoms with E-state index in [0.29, 0.717) is 0 Å². The van der Waals surface area contributed by atoms with Gasteiger partial charge in [-0.1, -0.05) is 6.58 Å². The van der Waals surface area contributed by atoms with E-state index in [4.69, 9.17) is 12.0 Å². The van der Waals surface area contributed by atoms with Gasteiger partial charge in [-0.15, -0.1) is 0 Å². The Morgan fingerprint density at radius 2 is 2.33 bits per heavy atom. The van der Waals surface area contributed by atoms with Crippen molar-refractivity contribution in [3.63, 3.8) is 0 Å². The van der Waals surface area contributed by atoms with Crippen molar-refractivity contribution >= 4 is 0 Å². The predicted molar refractivity (Wildman–Crippen MR) is 25.2 cm³/mol. The van der Waals surface area contributed by atoms with Gasteiger partial charge in [-0.3, -0.25) is 0 Å². The van der Waals surface area contributed by atoms with E-state index in [1.165, 1.54) is 6.08 Å². The summed E-state index contributed by atoms with van der Waals surface area (Å²) < 4.78 is 0. The lowest BCUT2D eigenvalue weighted by atomic mass is 10.5. The van der Waals surface area contributed by atoms with Crippen LogP contribution in [0, 0.1) is 6.92 Å². The average Bonchev–Trinajstić information content (AvgIpc) is 1.65. The molecule has 0 amide bonds. The highest BCUT2D eigenvalue weighted by Crippen LogP contribution is 1.82. The summed E-state index contributed by atoms with van der Waals surface area (Å²) in [5, 5.41) is 8.28. The maximum atomic E-state index is 8.28. The zero-order valence-electron chi connectivity index (χ0n) is 3.39. The van der Waals surface area contributed by atoms with Crippen molar-refractivity contribution in [2.75, 3.05) is 0 Å². The monoisotopic (exact) mass is 82.0 g/mol. The first-order valence-corrected chi connectivity index (χ1v) is 1.54. The van der Waals surface area contributed by atoms with Gasteiger partial charge in [0.2, 0.25) is 0 Å². The first-order valence-electron chi connectivity index (χ1n) is 1.54. The van der Waals surface area contributed by atoms with Crippen molar-refractivity contribution < 1.29 is 5.11 Å². The molecule has 0 aromatic heterocycles. The molecule has 0 unspecified atom stereocenters. The third-order valence-corrected chi connectivity index (χ3v) is 0.380. The molecule has 2 radical (unpaired) electrons. The summed E-state index contributed by atoms with van der Waals surface area (Å²) in [6.07, 6.45) is 2.34. The van der Waals surface area contributed by atoms with E-state index in [1.807, 2.05) is 0 Å². The van der Waals surface area contributed by atoms with Gasteiger partial charge in [0.05, 0.1) is 0 Å². The zero-order chi connectivity index (χ0) is 4.99. The lowest BCUT2D eigenvalue weighted by Gasteiger charge is -1.78. The van der Waals surface area contributed by atoms with Gasteiger partial charge < -0.3 is 5.11 Å². The smallest absolute Gasteiger partial charge is 0.111 e. The number of aliphatic hydroxyl groups excluding tert-OH is 1. The van der Waals surface area contributed by atoms with Crippen molar-refractivity contribution in [2.45, 2.75) is 0 Å². The SMILES string of the molecule is [CH]/C=C(/O)C=C. The number of hydrogen-bond donors (Lipinski definition) is 1. The standard InChI is InChI=1S/C5H6O/c1-3-5(6)4-2/h1,3-4,6H,2H2/b5-3+. The molecule has 0 fully saturated rings. The van der Waals surface area contributed by atoms with Crippen LogP contribution in [0.15, 0.2) is 24.5 Å². The largest absolute Gasteiger partial charge is 0.508 e. The Hall–Kier alpha value is -0.720. The zero-order valence-corrected chi connectivity index (χ0v) is 3.39. The summed E-state index contributed by atoms with van der Waals surface area (Å²) in [4.78, 5) is 0. The van der Waals surface area contributed by atoms with Gasteiger partial charge in [0.15, 0.2) is 0 Å². The fourth-order valence-electron chi connectivity index (χ4n) is 0.0680. The molecule has 0 saturated carbocycles. The van der Waals surface area contributed by atoms with Gasteiger partial charge >= 0.3 is 0 Å². The van der Waals surface area contributed by atoms with Crippen LogP contribution in [0.4, 0.5) is 0 Å². The van der Waals surface area contributed by atoms with Crippen LogP contribution in [0.5, 0.6) is 0 Å². The quantitative estimate of drug-likeness (QED) is 0.373. The summed E-state index contributed by atoms with van der Waals surface area (Å²) >= 11 is 0. The van der Waals surface area contributed by atoms with Crippen molar-refractivity contribution in [1.29, 1.82) is 0 Å². The molecule has 32 valence electrons. The van der Waals surface area contributed by atoms with Crippen LogP contribution in [-0.4, -0.2) is 5.11 Å². The Kier molecular flexibility index (Phi) is 2.21. The van der Waals surface area contributed by atoms with Crippen LogP contribution in [0.25, 0.3) is 0 Å². The van der Waals surface area contributed by atoms with Gasteiger partial charge in [0.1, 0.15) is 5.76 Å². The molecule has 1 heteroatoms. The molecule has 6 heavy (non-hydrogen) atoms. The molecular formula is C5H6O. The molecule has 0 aliphatic rings. The lowest BCUT2D eigenvalue weighted by molar-refractivity contribution is 0.433. The van der Waals surface area contributed by atoms with Gasteiger partial charge in [0, 0.05) is 0 Å². The molecule has 0 heterocycles. The Morgan fingerprint density at radius 1 is 1.83 bits per heavy atom. The van der Waals surface area contributed by atoms with E-state index in [9.17, 15) is 0 Å². The summed E-state index contributed by atoms with van der Waals surface area (Å²) in [7, 11) is 0. The van der Waals surface area contributed by atoms with Gasteiger partial charge in [-0.25, -0.2) is 0 Å². The molecule has 0 aromatic carbocycles. The van der Waals surface area contributed by atoms with Crippen molar-refractivity contribution in [3.8, 4) is 0 Å². The minimum atomic E-state index is 0.00926. The van der Waals surface area contributed by atoms with Gasteiger partial charge in [-0.2, -0.15) is 0 Å². The third-order valence-electron chi connectivity index (χ3n) is 0.380. The number of aliphatic hydroxyl groups is 1. The van der Waals surface area contributed by atoms with E-state index in [2.05, 4.69) is 6.58 Å². The first kappa shape index (κ1) is 5.28. The topological polar surface area (TPSA) is 20.2 Å². The van der Waals surface area contributed by atoms with Crippen molar-refractivity contribution in [1.82, 2.24) is 0 Å². The Bertz CT molecular complexity index is 72.0. The molecule has 0 bridgehead atoms. The molecular weight excluding hydrogens is 76.1 g/mol. The van der Waals surface area contributed by atoms with E-state index >= 15 is 0 Å².